The van der Waals surface area contributed by atoms with Gasteiger partial charge in [0.1, 0.15) is 5.69 Å². The van der Waals surface area contributed by atoms with Crippen molar-refractivity contribution in [1.29, 1.82) is 0 Å². The first kappa shape index (κ1) is 12.5. The SMILES string of the molecule is Clc1ccccc1-c1ccc2nnc(-c3cscn3)n2c1. The van der Waals surface area contributed by atoms with Gasteiger partial charge in [0.05, 0.1) is 5.51 Å². The predicted octanol–water partition coefficient (Wildman–Crippen LogP) is 4.17. The third kappa shape index (κ3) is 2.11. The van der Waals surface area contributed by atoms with Gasteiger partial charge in [-0.1, -0.05) is 29.8 Å². The number of hydrogen-bond acceptors (Lipinski definition) is 4. The van der Waals surface area contributed by atoms with E-state index in [1.807, 2.05) is 52.4 Å². The molecule has 4 nitrogen and oxygen atoms in total. The standard InChI is InChI=1S/C15H9ClN4S/c16-12-4-2-1-3-11(12)10-5-6-14-18-19-15(20(14)7-10)13-8-21-9-17-13/h1-9H. The van der Waals surface area contributed by atoms with E-state index in [0.717, 1.165) is 33.3 Å². The van der Waals surface area contributed by atoms with E-state index in [0.29, 0.717) is 0 Å². The summed E-state index contributed by atoms with van der Waals surface area (Å²) in [5.41, 5.74) is 5.40. The van der Waals surface area contributed by atoms with Crippen molar-refractivity contribution in [3.05, 3.63) is 58.5 Å². The highest BCUT2D eigenvalue weighted by atomic mass is 35.5. The quantitative estimate of drug-likeness (QED) is 0.558. The van der Waals surface area contributed by atoms with Gasteiger partial charge in [0.2, 0.25) is 0 Å². The van der Waals surface area contributed by atoms with Crippen LogP contribution in [0.2, 0.25) is 5.02 Å². The van der Waals surface area contributed by atoms with E-state index < -0.39 is 0 Å². The normalized spacial score (nSPS) is 11.1. The molecule has 3 aromatic heterocycles. The molecule has 102 valence electrons. The molecule has 0 amide bonds. The number of nitrogens with zero attached hydrogens (tertiary/aromatic N) is 4. The fraction of sp³-hybridized carbons (Fsp3) is 0. The molecule has 4 rings (SSSR count). The second-order valence-corrected chi connectivity index (χ2v) is 5.65. The van der Waals surface area contributed by atoms with Gasteiger partial charge in [-0.3, -0.25) is 4.40 Å². The minimum atomic E-state index is 0.722. The van der Waals surface area contributed by atoms with Crippen LogP contribution in [0, 0.1) is 0 Å². The summed E-state index contributed by atoms with van der Waals surface area (Å²) in [6, 6.07) is 11.7. The Labute approximate surface area is 129 Å². The van der Waals surface area contributed by atoms with Crippen molar-refractivity contribution in [2.45, 2.75) is 0 Å². The summed E-state index contributed by atoms with van der Waals surface area (Å²) in [7, 11) is 0. The van der Waals surface area contributed by atoms with Crippen molar-refractivity contribution < 1.29 is 0 Å². The van der Waals surface area contributed by atoms with E-state index in [2.05, 4.69) is 15.2 Å². The maximum Gasteiger partial charge on any atom is 0.187 e. The molecule has 6 heteroatoms. The van der Waals surface area contributed by atoms with Gasteiger partial charge in [0, 0.05) is 27.7 Å². The highest BCUT2D eigenvalue weighted by molar-refractivity contribution is 7.07. The van der Waals surface area contributed by atoms with Crippen LogP contribution in [0.15, 0.2) is 53.5 Å². The van der Waals surface area contributed by atoms with Gasteiger partial charge in [-0.05, 0) is 18.2 Å². The van der Waals surface area contributed by atoms with Crippen LogP contribution in [0.4, 0.5) is 0 Å². The third-order valence-electron chi connectivity index (χ3n) is 3.25. The molecule has 0 N–H and O–H groups in total. The third-order valence-corrected chi connectivity index (χ3v) is 4.16. The molecule has 3 heterocycles. The highest BCUT2D eigenvalue weighted by Crippen LogP contribution is 2.28. The number of benzene rings is 1. The lowest BCUT2D eigenvalue weighted by Crippen LogP contribution is -1.91. The monoisotopic (exact) mass is 312 g/mol. The average Bonchev–Trinajstić information content (AvgIpc) is 3.16. The minimum absolute atomic E-state index is 0.722. The van der Waals surface area contributed by atoms with Crippen LogP contribution in [-0.4, -0.2) is 19.6 Å². The number of thiazole rings is 1. The van der Waals surface area contributed by atoms with Gasteiger partial charge in [0.15, 0.2) is 11.5 Å². The molecule has 4 aromatic rings. The second kappa shape index (κ2) is 4.95. The van der Waals surface area contributed by atoms with E-state index in [9.17, 15) is 0 Å². The summed E-state index contributed by atoms with van der Waals surface area (Å²) >= 11 is 7.81. The van der Waals surface area contributed by atoms with Crippen LogP contribution < -0.4 is 0 Å². The largest absolute Gasteiger partial charge is 0.280 e. The average molecular weight is 313 g/mol. The minimum Gasteiger partial charge on any atom is -0.280 e. The molecule has 0 atom stereocenters. The molecular formula is C15H9ClN4S. The Morgan fingerprint density at radius 2 is 1.95 bits per heavy atom. The van der Waals surface area contributed by atoms with Crippen molar-refractivity contribution in [2.24, 2.45) is 0 Å². The van der Waals surface area contributed by atoms with Crippen LogP contribution in [0.1, 0.15) is 0 Å². The van der Waals surface area contributed by atoms with Gasteiger partial charge >= 0.3 is 0 Å². The number of aromatic nitrogens is 4. The smallest absolute Gasteiger partial charge is 0.187 e. The Hall–Kier alpha value is -2.24. The first-order chi connectivity index (χ1) is 10.3. The summed E-state index contributed by atoms with van der Waals surface area (Å²) in [6.45, 7) is 0. The van der Waals surface area contributed by atoms with Crippen molar-refractivity contribution in [2.75, 3.05) is 0 Å². The van der Waals surface area contributed by atoms with E-state index in [1.54, 1.807) is 5.51 Å². The number of fused-ring (bicyclic) bond motifs is 1. The first-order valence-corrected chi connectivity index (χ1v) is 7.63. The van der Waals surface area contributed by atoms with E-state index >= 15 is 0 Å². The summed E-state index contributed by atoms with van der Waals surface area (Å²) in [6.07, 6.45) is 1.99. The van der Waals surface area contributed by atoms with Crippen LogP contribution in [-0.2, 0) is 0 Å². The molecule has 0 radical (unpaired) electrons. The molecule has 0 saturated heterocycles. The van der Waals surface area contributed by atoms with Crippen molar-refractivity contribution in [1.82, 2.24) is 19.6 Å². The Bertz CT molecular complexity index is 914. The maximum absolute atomic E-state index is 6.27. The molecule has 0 saturated carbocycles. The molecule has 1 aromatic carbocycles. The lowest BCUT2D eigenvalue weighted by molar-refractivity contribution is 1.10. The van der Waals surface area contributed by atoms with Gasteiger partial charge < -0.3 is 0 Å². The van der Waals surface area contributed by atoms with Crippen LogP contribution in [0.25, 0.3) is 28.3 Å². The fourth-order valence-corrected chi connectivity index (χ4v) is 3.02. The Balaban J connectivity index is 1.94. The highest BCUT2D eigenvalue weighted by Gasteiger charge is 2.11. The van der Waals surface area contributed by atoms with Gasteiger partial charge in [-0.15, -0.1) is 21.5 Å². The number of hydrogen-bond donors (Lipinski definition) is 0. The van der Waals surface area contributed by atoms with Crippen molar-refractivity contribution >= 4 is 28.6 Å². The Morgan fingerprint density at radius 3 is 2.76 bits per heavy atom. The van der Waals surface area contributed by atoms with Crippen LogP contribution in [0.3, 0.4) is 0 Å². The molecule has 0 spiro atoms. The molecule has 0 aliphatic carbocycles. The zero-order chi connectivity index (χ0) is 14.2. The topological polar surface area (TPSA) is 43.1 Å². The Kier molecular flexibility index (Phi) is 2.94. The summed E-state index contributed by atoms with van der Waals surface area (Å²) in [4.78, 5) is 4.30. The molecular weight excluding hydrogens is 304 g/mol. The zero-order valence-electron chi connectivity index (χ0n) is 10.8. The van der Waals surface area contributed by atoms with E-state index in [-0.39, 0.29) is 0 Å². The maximum atomic E-state index is 6.27. The van der Waals surface area contributed by atoms with Gasteiger partial charge in [0.25, 0.3) is 0 Å². The molecule has 0 fully saturated rings. The number of pyridine rings is 1. The first-order valence-electron chi connectivity index (χ1n) is 6.31. The lowest BCUT2D eigenvalue weighted by Gasteiger charge is -2.05. The fourth-order valence-electron chi connectivity index (χ4n) is 2.24. The Morgan fingerprint density at radius 1 is 1.05 bits per heavy atom. The van der Waals surface area contributed by atoms with Crippen LogP contribution in [0.5, 0.6) is 0 Å². The molecule has 0 aliphatic rings. The van der Waals surface area contributed by atoms with E-state index in [1.165, 1.54) is 11.3 Å². The number of rotatable bonds is 2. The zero-order valence-corrected chi connectivity index (χ0v) is 12.3. The van der Waals surface area contributed by atoms with Crippen molar-refractivity contribution in [3.8, 4) is 22.6 Å². The molecule has 0 unspecified atom stereocenters. The second-order valence-electron chi connectivity index (χ2n) is 4.52. The lowest BCUT2D eigenvalue weighted by atomic mass is 10.1. The molecule has 21 heavy (non-hydrogen) atoms. The number of halogens is 1. The molecule has 0 aliphatic heterocycles. The molecule has 0 bridgehead atoms. The van der Waals surface area contributed by atoms with Crippen LogP contribution >= 0.6 is 22.9 Å². The summed E-state index contributed by atoms with van der Waals surface area (Å²) in [5, 5.41) is 11.1. The van der Waals surface area contributed by atoms with E-state index in [4.69, 9.17) is 11.6 Å². The van der Waals surface area contributed by atoms with Gasteiger partial charge in [-0.2, -0.15) is 0 Å². The summed E-state index contributed by atoms with van der Waals surface area (Å²) in [5.74, 6) is 0.736. The van der Waals surface area contributed by atoms with Gasteiger partial charge in [-0.25, -0.2) is 4.98 Å². The predicted molar refractivity (Wildman–Crippen MR) is 84.5 cm³/mol. The summed E-state index contributed by atoms with van der Waals surface area (Å²) < 4.78 is 1.94. The van der Waals surface area contributed by atoms with Crippen molar-refractivity contribution in [3.63, 3.8) is 0 Å².